The van der Waals surface area contributed by atoms with Crippen LogP contribution >= 0.6 is 0 Å². The predicted octanol–water partition coefficient (Wildman–Crippen LogP) is 2.73. The van der Waals surface area contributed by atoms with Crippen LogP contribution < -0.4 is 10.6 Å². The largest absolute Gasteiger partial charge is 0.383 e. The highest BCUT2D eigenvalue weighted by Gasteiger charge is 2.36. The Morgan fingerprint density at radius 1 is 1.17 bits per heavy atom. The fraction of sp³-hybridized carbons (Fsp3) is 0.333. The summed E-state index contributed by atoms with van der Waals surface area (Å²) in [5.74, 6) is -0.495. The minimum atomic E-state index is -0.450. The molecule has 8 nitrogen and oxygen atoms in total. The molecule has 2 atom stereocenters. The molecule has 0 aliphatic carbocycles. The van der Waals surface area contributed by atoms with Crippen LogP contribution in [0.5, 0.6) is 0 Å². The minimum Gasteiger partial charge on any atom is -0.383 e. The molecule has 0 radical (unpaired) electrons. The van der Waals surface area contributed by atoms with E-state index in [0.29, 0.717) is 19.6 Å². The van der Waals surface area contributed by atoms with Crippen molar-refractivity contribution in [3.63, 3.8) is 0 Å². The number of nitro groups is 1. The van der Waals surface area contributed by atoms with Crippen LogP contribution in [-0.2, 0) is 9.59 Å². The Bertz CT molecular complexity index is 870. The Balaban J connectivity index is 1.44. The molecular formula is C21H24N4O4. The highest BCUT2D eigenvalue weighted by atomic mass is 16.6. The highest BCUT2D eigenvalue weighted by Crippen LogP contribution is 2.28. The number of hydrogen-bond acceptors (Lipinski definition) is 5. The molecule has 2 aromatic carbocycles. The third-order valence-electron chi connectivity index (χ3n) is 5.11. The van der Waals surface area contributed by atoms with E-state index in [1.165, 1.54) is 12.1 Å². The number of carbonyl (C=O) groups is 2. The molecule has 0 spiro atoms. The summed E-state index contributed by atoms with van der Waals surface area (Å²) in [4.78, 5) is 36.8. The van der Waals surface area contributed by atoms with Crippen molar-refractivity contribution in [3.8, 4) is 0 Å². The molecule has 2 aromatic rings. The fourth-order valence-corrected chi connectivity index (χ4v) is 3.43. The van der Waals surface area contributed by atoms with Gasteiger partial charge in [-0.2, -0.15) is 0 Å². The quantitative estimate of drug-likeness (QED) is 0.406. The minimum absolute atomic E-state index is 0.00879. The first-order chi connectivity index (χ1) is 14.0. The molecule has 0 bridgehead atoms. The lowest BCUT2D eigenvalue weighted by Crippen LogP contribution is -2.36. The number of nitrogens with zero attached hydrogens (tertiary/aromatic N) is 2. The number of amides is 2. The number of rotatable bonds is 8. The predicted molar refractivity (Wildman–Crippen MR) is 109 cm³/mol. The standard InChI is InChI=1S/C21H24N4O4/c1-15(16-5-3-2-4-6-16)24-14-17(13-20(24)26)21(27)23-12-11-22-18-7-9-19(10-8-18)25(28)29/h2-10,15,17,22H,11-14H2,1H3,(H,23,27)/t15-,17+/m1/s1. The Morgan fingerprint density at radius 2 is 1.86 bits per heavy atom. The molecule has 1 saturated heterocycles. The van der Waals surface area contributed by atoms with Crippen LogP contribution in [0.3, 0.4) is 0 Å². The van der Waals surface area contributed by atoms with Gasteiger partial charge in [0.1, 0.15) is 0 Å². The maximum Gasteiger partial charge on any atom is 0.269 e. The van der Waals surface area contributed by atoms with Crippen LogP contribution in [0.15, 0.2) is 54.6 Å². The summed E-state index contributed by atoms with van der Waals surface area (Å²) in [6, 6.07) is 15.8. The molecule has 1 aliphatic heterocycles. The van der Waals surface area contributed by atoms with Crippen molar-refractivity contribution in [2.75, 3.05) is 25.0 Å². The summed E-state index contributed by atoms with van der Waals surface area (Å²) >= 11 is 0. The van der Waals surface area contributed by atoms with Gasteiger partial charge in [0.15, 0.2) is 0 Å². The Labute approximate surface area is 169 Å². The van der Waals surface area contributed by atoms with Gasteiger partial charge in [-0.15, -0.1) is 0 Å². The summed E-state index contributed by atoms with van der Waals surface area (Å²) in [5.41, 5.74) is 1.82. The average molecular weight is 396 g/mol. The number of benzene rings is 2. The van der Waals surface area contributed by atoms with Crippen molar-refractivity contribution in [1.82, 2.24) is 10.2 Å². The highest BCUT2D eigenvalue weighted by molar-refractivity contribution is 5.89. The summed E-state index contributed by atoms with van der Waals surface area (Å²) in [7, 11) is 0. The van der Waals surface area contributed by atoms with Gasteiger partial charge in [-0.25, -0.2) is 0 Å². The molecule has 1 heterocycles. The van der Waals surface area contributed by atoms with E-state index in [9.17, 15) is 19.7 Å². The van der Waals surface area contributed by atoms with Crippen molar-refractivity contribution in [2.24, 2.45) is 5.92 Å². The number of nitro benzene ring substituents is 1. The second kappa shape index (κ2) is 9.18. The lowest BCUT2D eigenvalue weighted by molar-refractivity contribution is -0.384. The van der Waals surface area contributed by atoms with Crippen molar-refractivity contribution in [2.45, 2.75) is 19.4 Å². The van der Waals surface area contributed by atoms with Gasteiger partial charge in [-0.3, -0.25) is 19.7 Å². The van der Waals surface area contributed by atoms with Crippen molar-refractivity contribution >= 4 is 23.2 Å². The third-order valence-corrected chi connectivity index (χ3v) is 5.11. The zero-order valence-corrected chi connectivity index (χ0v) is 16.2. The first-order valence-corrected chi connectivity index (χ1v) is 9.56. The van der Waals surface area contributed by atoms with Gasteiger partial charge in [-0.1, -0.05) is 30.3 Å². The van der Waals surface area contributed by atoms with E-state index in [1.54, 1.807) is 17.0 Å². The van der Waals surface area contributed by atoms with Gasteiger partial charge in [0.25, 0.3) is 5.69 Å². The third kappa shape index (κ3) is 5.10. The maximum absolute atomic E-state index is 12.4. The maximum atomic E-state index is 12.4. The summed E-state index contributed by atoms with van der Waals surface area (Å²) in [6.45, 7) is 3.27. The molecule has 0 aromatic heterocycles. The molecule has 2 N–H and O–H groups in total. The Kier molecular flexibility index (Phi) is 6.43. The number of anilines is 1. The molecule has 1 aliphatic rings. The van der Waals surface area contributed by atoms with E-state index in [4.69, 9.17) is 0 Å². The number of likely N-dealkylation sites (tertiary alicyclic amines) is 1. The molecule has 2 amide bonds. The topological polar surface area (TPSA) is 105 Å². The molecule has 3 rings (SSSR count). The monoisotopic (exact) mass is 396 g/mol. The second-order valence-electron chi connectivity index (χ2n) is 7.06. The van der Waals surface area contributed by atoms with Crippen LogP contribution in [0, 0.1) is 16.0 Å². The van der Waals surface area contributed by atoms with Crippen LogP contribution in [0.2, 0.25) is 0 Å². The summed E-state index contributed by atoms with van der Waals surface area (Å²) in [5, 5.41) is 16.6. The number of carbonyl (C=O) groups excluding carboxylic acids is 2. The summed E-state index contributed by atoms with van der Waals surface area (Å²) in [6.07, 6.45) is 0.221. The first-order valence-electron chi connectivity index (χ1n) is 9.56. The number of hydrogen-bond donors (Lipinski definition) is 2. The zero-order valence-electron chi connectivity index (χ0n) is 16.2. The summed E-state index contributed by atoms with van der Waals surface area (Å²) < 4.78 is 0. The second-order valence-corrected chi connectivity index (χ2v) is 7.06. The lowest BCUT2D eigenvalue weighted by Gasteiger charge is -2.25. The van der Waals surface area contributed by atoms with E-state index < -0.39 is 4.92 Å². The van der Waals surface area contributed by atoms with E-state index in [0.717, 1.165) is 11.3 Å². The Hall–Kier alpha value is -3.42. The lowest BCUT2D eigenvalue weighted by atomic mass is 10.1. The smallest absolute Gasteiger partial charge is 0.269 e. The van der Waals surface area contributed by atoms with E-state index in [2.05, 4.69) is 10.6 Å². The average Bonchev–Trinajstić information content (AvgIpc) is 3.13. The zero-order chi connectivity index (χ0) is 20.8. The molecule has 152 valence electrons. The van der Waals surface area contributed by atoms with E-state index in [-0.39, 0.29) is 35.9 Å². The SMILES string of the molecule is C[C@H](c1ccccc1)N1C[C@@H](C(=O)NCCNc2ccc([N+](=O)[O-])cc2)CC1=O. The number of nitrogens with one attached hydrogen (secondary N) is 2. The molecular weight excluding hydrogens is 372 g/mol. The van der Waals surface area contributed by atoms with Crippen molar-refractivity contribution in [1.29, 1.82) is 0 Å². The normalized spacial score (nSPS) is 17.1. The van der Waals surface area contributed by atoms with Crippen molar-refractivity contribution < 1.29 is 14.5 Å². The van der Waals surface area contributed by atoms with Crippen LogP contribution in [0.25, 0.3) is 0 Å². The number of non-ortho nitro benzene ring substituents is 1. The molecule has 8 heteroatoms. The van der Waals surface area contributed by atoms with Crippen LogP contribution in [0.1, 0.15) is 24.9 Å². The van der Waals surface area contributed by atoms with Gasteiger partial charge in [0.05, 0.1) is 16.9 Å². The van der Waals surface area contributed by atoms with Gasteiger partial charge in [0.2, 0.25) is 11.8 Å². The molecule has 0 saturated carbocycles. The van der Waals surface area contributed by atoms with Gasteiger partial charge in [0, 0.05) is 43.9 Å². The molecule has 1 fully saturated rings. The first kappa shape index (κ1) is 20.3. The van der Waals surface area contributed by atoms with Crippen LogP contribution in [-0.4, -0.2) is 41.3 Å². The molecule has 29 heavy (non-hydrogen) atoms. The molecule has 0 unspecified atom stereocenters. The Morgan fingerprint density at radius 3 is 2.52 bits per heavy atom. The van der Waals surface area contributed by atoms with Gasteiger partial charge >= 0.3 is 0 Å². The van der Waals surface area contributed by atoms with E-state index in [1.807, 2.05) is 37.3 Å². The van der Waals surface area contributed by atoms with Crippen LogP contribution in [0.4, 0.5) is 11.4 Å². The van der Waals surface area contributed by atoms with E-state index >= 15 is 0 Å². The van der Waals surface area contributed by atoms with Gasteiger partial charge in [-0.05, 0) is 24.6 Å². The van der Waals surface area contributed by atoms with Gasteiger partial charge < -0.3 is 15.5 Å². The fourth-order valence-electron chi connectivity index (χ4n) is 3.43. The van der Waals surface area contributed by atoms with Crippen molar-refractivity contribution in [3.05, 3.63) is 70.3 Å².